The summed E-state index contributed by atoms with van der Waals surface area (Å²) in [4.78, 5) is 13.0. The first-order chi connectivity index (χ1) is 14.5. The molecule has 6 heteroatoms. The number of benzene rings is 2. The average Bonchev–Trinajstić information content (AvgIpc) is 3.06. The molecule has 1 heterocycles. The molecule has 0 unspecified atom stereocenters. The monoisotopic (exact) mass is 408 g/mol. The molecule has 156 valence electrons. The van der Waals surface area contributed by atoms with Crippen molar-refractivity contribution in [1.29, 1.82) is 0 Å². The summed E-state index contributed by atoms with van der Waals surface area (Å²) in [6.07, 6.45) is 4.59. The molecule has 0 saturated heterocycles. The van der Waals surface area contributed by atoms with Crippen LogP contribution in [-0.2, 0) is 11.3 Å². The zero-order valence-electron chi connectivity index (χ0n) is 17.1. The zero-order valence-corrected chi connectivity index (χ0v) is 17.1. The topological polar surface area (TPSA) is 77.5 Å². The molecule has 0 radical (unpaired) electrons. The second-order valence-corrected chi connectivity index (χ2v) is 6.88. The zero-order chi connectivity index (χ0) is 21.7. The Balaban J connectivity index is 2.34. The highest BCUT2D eigenvalue weighted by Gasteiger charge is 2.26. The molecule has 0 aliphatic rings. The summed E-state index contributed by atoms with van der Waals surface area (Å²) in [5.74, 6) is -0.883. The van der Waals surface area contributed by atoms with Crippen LogP contribution >= 0.6 is 0 Å². The number of carbonyl (C=O) groups excluding carboxylic acids is 1. The number of hydrogen-bond donors (Lipinski definition) is 2. The number of para-hydroxylation sites is 1. The molecule has 30 heavy (non-hydrogen) atoms. The van der Waals surface area contributed by atoms with Gasteiger partial charge < -0.3 is 20.1 Å². The van der Waals surface area contributed by atoms with E-state index >= 15 is 0 Å². The van der Waals surface area contributed by atoms with Crippen molar-refractivity contribution >= 4 is 22.4 Å². The highest BCUT2D eigenvalue weighted by molar-refractivity contribution is 6.05. The number of nitrogens with zero attached hydrogens (tertiary/aromatic N) is 1. The van der Waals surface area contributed by atoms with Gasteiger partial charge in [0.05, 0.1) is 19.8 Å². The third-order valence-electron chi connectivity index (χ3n) is 4.87. The van der Waals surface area contributed by atoms with E-state index in [0.717, 1.165) is 16.5 Å². The van der Waals surface area contributed by atoms with Crippen LogP contribution in [0, 0.1) is 12.7 Å². The average molecular weight is 408 g/mol. The number of hydrogen-bond acceptors (Lipinski definition) is 4. The maximum atomic E-state index is 14.5. The van der Waals surface area contributed by atoms with Crippen molar-refractivity contribution in [3.63, 3.8) is 0 Å². The van der Waals surface area contributed by atoms with Crippen molar-refractivity contribution in [2.24, 2.45) is 5.73 Å². The summed E-state index contributed by atoms with van der Waals surface area (Å²) >= 11 is 0. The quantitative estimate of drug-likeness (QED) is 0.455. The van der Waals surface area contributed by atoms with Crippen LogP contribution < -0.4 is 5.73 Å². The fourth-order valence-corrected chi connectivity index (χ4v) is 3.59. The van der Waals surface area contributed by atoms with Gasteiger partial charge in [0.2, 0.25) is 0 Å². The highest BCUT2D eigenvalue weighted by atomic mass is 19.1. The number of rotatable bonds is 7. The summed E-state index contributed by atoms with van der Waals surface area (Å²) in [5, 5.41) is 10.8. The minimum atomic E-state index is -0.534. The lowest BCUT2D eigenvalue weighted by atomic mass is 10.0. The van der Waals surface area contributed by atoms with E-state index in [2.05, 4.69) is 0 Å². The van der Waals surface area contributed by atoms with Gasteiger partial charge in [0.1, 0.15) is 11.5 Å². The van der Waals surface area contributed by atoms with E-state index in [0.29, 0.717) is 16.7 Å². The summed E-state index contributed by atoms with van der Waals surface area (Å²) < 4.78 is 21.6. The Hall–Kier alpha value is -3.38. The van der Waals surface area contributed by atoms with Crippen molar-refractivity contribution in [2.45, 2.75) is 20.4 Å². The Bertz CT molecular complexity index is 1130. The van der Waals surface area contributed by atoms with Gasteiger partial charge in [-0.2, -0.15) is 0 Å². The summed E-state index contributed by atoms with van der Waals surface area (Å²) in [5.41, 5.74) is 8.92. The van der Waals surface area contributed by atoms with Gasteiger partial charge in [-0.3, -0.25) is 0 Å². The molecule has 1 aromatic heterocycles. The molecule has 3 aromatic rings. The van der Waals surface area contributed by atoms with Crippen molar-refractivity contribution in [2.75, 3.05) is 13.2 Å². The van der Waals surface area contributed by atoms with E-state index in [9.17, 15) is 14.3 Å². The van der Waals surface area contributed by atoms with Gasteiger partial charge in [-0.1, -0.05) is 42.0 Å². The first-order valence-corrected chi connectivity index (χ1v) is 9.73. The molecule has 0 bridgehead atoms. The van der Waals surface area contributed by atoms with Gasteiger partial charge in [0, 0.05) is 22.0 Å². The van der Waals surface area contributed by atoms with Crippen LogP contribution in [0.4, 0.5) is 4.39 Å². The van der Waals surface area contributed by atoms with Crippen LogP contribution in [0.1, 0.15) is 34.1 Å². The number of ether oxygens (including phenoxy) is 1. The molecule has 0 atom stereocenters. The lowest BCUT2D eigenvalue weighted by molar-refractivity contribution is 0.0514. The van der Waals surface area contributed by atoms with Crippen molar-refractivity contribution in [3.8, 4) is 0 Å². The molecule has 5 nitrogen and oxygen atoms in total. The Morgan fingerprint density at radius 1 is 1.27 bits per heavy atom. The van der Waals surface area contributed by atoms with E-state index in [4.69, 9.17) is 10.5 Å². The SMILES string of the molecule is CCOC(=O)c1c(/C(=C/C=C\N)CO)c2ccccc2n1Cc1cc(C)ccc1F. The second kappa shape index (κ2) is 9.41. The molecule has 0 spiro atoms. The molecule has 0 amide bonds. The number of halogens is 1. The first kappa shape index (κ1) is 21.3. The first-order valence-electron chi connectivity index (χ1n) is 9.73. The van der Waals surface area contributed by atoms with Crippen LogP contribution in [0.15, 0.2) is 60.8 Å². The number of aromatic nitrogens is 1. The van der Waals surface area contributed by atoms with E-state index < -0.39 is 5.97 Å². The lowest BCUT2D eigenvalue weighted by Gasteiger charge is -2.13. The second-order valence-electron chi connectivity index (χ2n) is 6.88. The van der Waals surface area contributed by atoms with Crippen LogP contribution in [0.2, 0.25) is 0 Å². The van der Waals surface area contributed by atoms with Gasteiger partial charge in [0.15, 0.2) is 0 Å². The van der Waals surface area contributed by atoms with E-state index in [1.54, 1.807) is 35.8 Å². The maximum absolute atomic E-state index is 14.5. The molecule has 0 fully saturated rings. The molecule has 0 aliphatic heterocycles. The number of aliphatic hydroxyl groups excluding tert-OH is 1. The van der Waals surface area contributed by atoms with Gasteiger partial charge in [-0.05, 0) is 43.8 Å². The van der Waals surface area contributed by atoms with Crippen molar-refractivity contribution in [3.05, 3.63) is 89.0 Å². The van der Waals surface area contributed by atoms with E-state index in [1.165, 1.54) is 12.3 Å². The smallest absolute Gasteiger partial charge is 0.355 e. The van der Waals surface area contributed by atoms with Crippen molar-refractivity contribution in [1.82, 2.24) is 4.57 Å². The van der Waals surface area contributed by atoms with Gasteiger partial charge in [-0.25, -0.2) is 9.18 Å². The molecular weight excluding hydrogens is 383 g/mol. The Kier molecular flexibility index (Phi) is 6.69. The predicted octanol–water partition coefficient (Wildman–Crippen LogP) is 4.16. The Morgan fingerprint density at radius 2 is 2.03 bits per heavy atom. The van der Waals surface area contributed by atoms with Crippen LogP contribution in [0.5, 0.6) is 0 Å². The van der Waals surface area contributed by atoms with Gasteiger partial charge >= 0.3 is 5.97 Å². The number of allylic oxidation sites excluding steroid dienone is 2. The largest absolute Gasteiger partial charge is 0.461 e. The fourth-order valence-electron chi connectivity index (χ4n) is 3.59. The fraction of sp³-hybridized carbons (Fsp3) is 0.208. The molecule has 0 aliphatic carbocycles. The highest BCUT2D eigenvalue weighted by Crippen LogP contribution is 2.33. The number of esters is 1. The molecule has 2 aromatic carbocycles. The summed E-state index contributed by atoms with van der Waals surface area (Å²) in [7, 11) is 0. The summed E-state index contributed by atoms with van der Waals surface area (Å²) in [6.45, 7) is 3.65. The van der Waals surface area contributed by atoms with Crippen LogP contribution in [0.25, 0.3) is 16.5 Å². The van der Waals surface area contributed by atoms with E-state index in [-0.39, 0.29) is 31.3 Å². The predicted molar refractivity (Wildman–Crippen MR) is 117 cm³/mol. The van der Waals surface area contributed by atoms with E-state index in [1.807, 2.05) is 31.2 Å². The maximum Gasteiger partial charge on any atom is 0.355 e. The molecular formula is C24H25FN2O3. The molecule has 3 rings (SSSR count). The number of carbonyl (C=O) groups is 1. The lowest BCUT2D eigenvalue weighted by Crippen LogP contribution is -2.16. The van der Waals surface area contributed by atoms with Gasteiger partial charge in [-0.15, -0.1) is 0 Å². The third-order valence-corrected chi connectivity index (χ3v) is 4.87. The number of aliphatic hydroxyl groups is 1. The van der Waals surface area contributed by atoms with Crippen molar-refractivity contribution < 1.29 is 19.0 Å². The molecule has 0 saturated carbocycles. The number of fused-ring (bicyclic) bond motifs is 1. The van der Waals surface area contributed by atoms with Crippen LogP contribution in [-0.4, -0.2) is 28.9 Å². The number of aryl methyl sites for hydroxylation is 1. The summed E-state index contributed by atoms with van der Waals surface area (Å²) in [6, 6.07) is 12.3. The van der Waals surface area contributed by atoms with Crippen LogP contribution in [0.3, 0.4) is 0 Å². The minimum Gasteiger partial charge on any atom is -0.461 e. The Morgan fingerprint density at radius 3 is 2.73 bits per heavy atom. The van der Waals surface area contributed by atoms with Gasteiger partial charge in [0.25, 0.3) is 0 Å². The minimum absolute atomic E-state index is 0.146. The number of nitrogens with two attached hydrogens (primary N) is 1. The Labute approximate surface area is 174 Å². The standard InChI is InChI=1S/C24H25FN2O3/c1-3-30-24(29)23-22(17(15-28)7-6-12-26)19-8-4-5-9-21(19)27(23)14-18-13-16(2)10-11-20(18)25/h4-13,28H,3,14-15,26H2,1-2H3/b12-6-,17-7+. The molecule has 3 N–H and O–H groups in total. The normalized spacial score (nSPS) is 12.1. The third kappa shape index (κ3) is 4.14.